The predicted octanol–water partition coefficient (Wildman–Crippen LogP) is 4.19. The highest BCUT2D eigenvalue weighted by Crippen LogP contribution is 2.29. The van der Waals surface area contributed by atoms with E-state index in [0.717, 1.165) is 0 Å². The molecule has 146 valence electrons. The first-order valence-electron chi connectivity index (χ1n) is 8.60. The zero-order chi connectivity index (χ0) is 20.2. The van der Waals surface area contributed by atoms with E-state index in [4.69, 9.17) is 9.26 Å². The van der Waals surface area contributed by atoms with Gasteiger partial charge in [0.05, 0.1) is 19.2 Å². The number of halogens is 1. The molecule has 2 aromatic heterocycles. The summed E-state index contributed by atoms with van der Waals surface area (Å²) < 4.78 is 24.3. The number of methoxy groups -OCH3 is 1. The summed E-state index contributed by atoms with van der Waals surface area (Å²) in [5.74, 6) is 0.273. The van der Waals surface area contributed by atoms with E-state index in [9.17, 15) is 9.18 Å². The van der Waals surface area contributed by atoms with Gasteiger partial charge in [-0.2, -0.15) is 4.98 Å². The lowest BCUT2D eigenvalue weighted by molar-refractivity contribution is -0.115. The van der Waals surface area contributed by atoms with Crippen LogP contribution < -0.4 is 10.1 Å². The predicted molar refractivity (Wildman–Crippen MR) is 106 cm³/mol. The number of carbonyl (C=O) groups excluding carboxylic acids is 1. The Kier molecular flexibility index (Phi) is 5.30. The van der Waals surface area contributed by atoms with Crippen LogP contribution in [0.25, 0.3) is 22.2 Å². The molecule has 4 aromatic rings. The van der Waals surface area contributed by atoms with Crippen molar-refractivity contribution in [3.8, 4) is 27.9 Å². The number of hydrogen-bond donors (Lipinski definition) is 1. The molecule has 0 saturated carbocycles. The van der Waals surface area contributed by atoms with Crippen molar-refractivity contribution in [2.75, 3.05) is 12.4 Å². The zero-order valence-corrected chi connectivity index (χ0v) is 16.1. The summed E-state index contributed by atoms with van der Waals surface area (Å²) in [6, 6.07) is 13.5. The molecule has 0 aliphatic carbocycles. The van der Waals surface area contributed by atoms with Gasteiger partial charge >= 0.3 is 0 Å². The van der Waals surface area contributed by atoms with Gasteiger partial charge in [-0.25, -0.2) is 9.37 Å². The fourth-order valence-electron chi connectivity index (χ4n) is 2.65. The molecule has 9 heteroatoms. The van der Waals surface area contributed by atoms with Gasteiger partial charge in [0.25, 0.3) is 5.89 Å². The van der Waals surface area contributed by atoms with E-state index in [-0.39, 0.29) is 29.9 Å². The van der Waals surface area contributed by atoms with Gasteiger partial charge in [0.15, 0.2) is 5.82 Å². The standard InChI is InChI=1S/C20H15FN4O3S/c1-27-16-9-5-4-8-14(16)22-18(26)10-17-24-19(28-25-17)15-11-29-20(23-15)12-6-2-3-7-13(12)21/h2-9,11H,10H2,1H3,(H,22,26). The number of ether oxygens (including phenoxy) is 1. The van der Waals surface area contributed by atoms with E-state index in [2.05, 4.69) is 20.4 Å². The van der Waals surface area contributed by atoms with Gasteiger partial charge in [0.2, 0.25) is 5.91 Å². The quantitative estimate of drug-likeness (QED) is 0.513. The summed E-state index contributed by atoms with van der Waals surface area (Å²) in [6.07, 6.45) is -0.0775. The van der Waals surface area contributed by atoms with Crippen molar-refractivity contribution in [3.63, 3.8) is 0 Å². The molecule has 0 fully saturated rings. The average Bonchev–Trinajstić information content (AvgIpc) is 3.38. The van der Waals surface area contributed by atoms with Crippen LogP contribution in [-0.4, -0.2) is 28.1 Å². The number of aromatic nitrogens is 3. The number of anilines is 1. The van der Waals surface area contributed by atoms with Crippen molar-refractivity contribution in [1.29, 1.82) is 0 Å². The van der Waals surface area contributed by atoms with E-state index < -0.39 is 0 Å². The third-order valence-corrected chi connectivity index (χ3v) is 4.87. The van der Waals surface area contributed by atoms with E-state index in [0.29, 0.717) is 27.7 Å². The third-order valence-electron chi connectivity index (χ3n) is 4.00. The molecule has 0 aliphatic rings. The lowest BCUT2D eigenvalue weighted by Gasteiger charge is -2.08. The highest BCUT2D eigenvalue weighted by atomic mass is 32.1. The summed E-state index contributed by atoms with van der Waals surface area (Å²) in [5, 5.41) is 8.79. The zero-order valence-electron chi connectivity index (χ0n) is 15.3. The third kappa shape index (κ3) is 4.14. The summed E-state index contributed by atoms with van der Waals surface area (Å²) in [4.78, 5) is 20.9. The van der Waals surface area contributed by atoms with Crippen LogP contribution in [0.2, 0.25) is 0 Å². The van der Waals surface area contributed by atoms with Crippen LogP contribution in [-0.2, 0) is 11.2 Å². The van der Waals surface area contributed by atoms with Crippen LogP contribution >= 0.6 is 11.3 Å². The Morgan fingerprint density at radius 1 is 1.17 bits per heavy atom. The summed E-state index contributed by atoms with van der Waals surface area (Å²) in [6.45, 7) is 0. The minimum Gasteiger partial charge on any atom is -0.495 e. The smallest absolute Gasteiger partial charge is 0.277 e. The minimum absolute atomic E-state index is 0.0775. The van der Waals surface area contributed by atoms with Crippen LogP contribution in [0.4, 0.5) is 10.1 Å². The number of benzene rings is 2. The fraction of sp³-hybridized carbons (Fsp3) is 0.100. The van der Waals surface area contributed by atoms with Crippen LogP contribution in [0, 0.1) is 5.82 Å². The minimum atomic E-state index is -0.354. The molecule has 1 amide bonds. The Bertz CT molecular complexity index is 1160. The number of thiazole rings is 1. The molecule has 2 heterocycles. The Morgan fingerprint density at radius 3 is 2.79 bits per heavy atom. The van der Waals surface area contributed by atoms with Crippen LogP contribution in [0.5, 0.6) is 5.75 Å². The normalized spacial score (nSPS) is 10.7. The SMILES string of the molecule is COc1ccccc1NC(=O)Cc1noc(-c2csc(-c3ccccc3F)n2)n1. The molecular weight excluding hydrogens is 395 g/mol. The molecule has 2 aromatic carbocycles. The summed E-state index contributed by atoms with van der Waals surface area (Å²) in [5.41, 5.74) is 1.38. The van der Waals surface area contributed by atoms with E-state index >= 15 is 0 Å². The molecule has 0 aliphatic heterocycles. The molecule has 1 N–H and O–H groups in total. The van der Waals surface area contributed by atoms with Crippen molar-refractivity contribution < 1.29 is 18.4 Å². The van der Waals surface area contributed by atoms with Gasteiger partial charge in [-0.3, -0.25) is 4.79 Å². The molecular formula is C20H15FN4O3S. The summed E-state index contributed by atoms with van der Waals surface area (Å²) in [7, 11) is 1.53. The Balaban J connectivity index is 1.46. The van der Waals surface area contributed by atoms with Crippen LogP contribution in [0.15, 0.2) is 58.4 Å². The summed E-state index contributed by atoms with van der Waals surface area (Å²) >= 11 is 1.27. The van der Waals surface area contributed by atoms with Gasteiger partial charge in [0, 0.05) is 10.9 Å². The number of nitrogens with one attached hydrogen (secondary N) is 1. The molecule has 7 nitrogen and oxygen atoms in total. The van der Waals surface area contributed by atoms with E-state index in [1.807, 2.05) is 6.07 Å². The number of amides is 1. The number of carbonyl (C=O) groups is 1. The first-order chi connectivity index (χ1) is 14.1. The maximum atomic E-state index is 13.9. The van der Waals surface area contributed by atoms with Crippen LogP contribution in [0.1, 0.15) is 5.82 Å². The highest BCUT2D eigenvalue weighted by Gasteiger charge is 2.17. The fourth-order valence-corrected chi connectivity index (χ4v) is 3.47. The van der Waals surface area contributed by atoms with Gasteiger partial charge in [-0.15, -0.1) is 11.3 Å². The van der Waals surface area contributed by atoms with Gasteiger partial charge in [-0.05, 0) is 24.3 Å². The second-order valence-corrected chi connectivity index (χ2v) is 6.82. The lowest BCUT2D eigenvalue weighted by Crippen LogP contribution is -2.15. The second-order valence-electron chi connectivity index (χ2n) is 5.96. The number of nitrogens with zero attached hydrogens (tertiary/aromatic N) is 3. The molecule has 29 heavy (non-hydrogen) atoms. The maximum absolute atomic E-state index is 13.9. The maximum Gasteiger partial charge on any atom is 0.277 e. The van der Waals surface area contributed by atoms with Crippen molar-refractivity contribution in [2.45, 2.75) is 6.42 Å². The highest BCUT2D eigenvalue weighted by molar-refractivity contribution is 7.13. The average molecular weight is 410 g/mol. The molecule has 0 atom stereocenters. The van der Waals surface area contributed by atoms with Gasteiger partial charge < -0.3 is 14.6 Å². The van der Waals surface area contributed by atoms with Gasteiger partial charge in [-0.1, -0.05) is 29.4 Å². The Morgan fingerprint density at radius 2 is 1.97 bits per heavy atom. The largest absolute Gasteiger partial charge is 0.495 e. The van der Waals surface area contributed by atoms with Crippen molar-refractivity contribution in [1.82, 2.24) is 15.1 Å². The van der Waals surface area contributed by atoms with Crippen molar-refractivity contribution in [2.24, 2.45) is 0 Å². The monoisotopic (exact) mass is 410 g/mol. The molecule has 0 radical (unpaired) electrons. The number of para-hydroxylation sites is 2. The number of rotatable bonds is 6. The first-order valence-corrected chi connectivity index (χ1v) is 9.48. The molecule has 4 rings (SSSR count). The Labute approximate surface area is 169 Å². The molecule has 0 spiro atoms. The van der Waals surface area contributed by atoms with Crippen molar-refractivity contribution in [3.05, 3.63) is 65.6 Å². The molecule has 0 unspecified atom stereocenters. The van der Waals surface area contributed by atoms with E-state index in [1.54, 1.807) is 41.8 Å². The lowest BCUT2D eigenvalue weighted by atomic mass is 10.2. The van der Waals surface area contributed by atoms with Gasteiger partial charge in [0.1, 0.15) is 22.3 Å². The van der Waals surface area contributed by atoms with E-state index in [1.165, 1.54) is 24.5 Å². The molecule has 0 saturated heterocycles. The van der Waals surface area contributed by atoms with Crippen LogP contribution in [0.3, 0.4) is 0 Å². The van der Waals surface area contributed by atoms with Crippen molar-refractivity contribution >= 4 is 22.9 Å². The second kappa shape index (κ2) is 8.19. The number of hydrogen-bond acceptors (Lipinski definition) is 7. The topological polar surface area (TPSA) is 90.1 Å². The molecule has 0 bridgehead atoms. The Hall–Kier alpha value is -3.59. The first kappa shape index (κ1) is 18.8.